The van der Waals surface area contributed by atoms with Crippen LogP contribution in [-0.4, -0.2) is 20.8 Å². The van der Waals surface area contributed by atoms with E-state index in [1.54, 1.807) is 14.2 Å². The largest absolute Gasteiger partial charge is 0.493 e. The summed E-state index contributed by atoms with van der Waals surface area (Å²) >= 11 is 2.34. The zero-order chi connectivity index (χ0) is 16.5. The van der Waals surface area contributed by atoms with E-state index in [1.807, 2.05) is 24.3 Å². The van der Waals surface area contributed by atoms with E-state index in [0.717, 1.165) is 30.9 Å². The second-order valence-corrected chi connectivity index (χ2v) is 6.22. The molecule has 2 aromatic rings. The van der Waals surface area contributed by atoms with Gasteiger partial charge in [-0.05, 0) is 65.3 Å². The van der Waals surface area contributed by atoms with Crippen molar-refractivity contribution in [1.29, 1.82) is 0 Å². The Labute approximate surface area is 151 Å². The number of ether oxygens (including phenoxy) is 2. The summed E-state index contributed by atoms with van der Waals surface area (Å²) in [5, 5.41) is 3.41. The highest BCUT2D eigenvalue weighted by Gasteiger charge is 2.03. The molecule has 0 spiro atoms. The number of hydrogen-bond donors (Lipinski definition) is 1. The van der Waals surface area contributed by atoms with E-state index in [9.17, 15) is 0 Å². The molecule has 0 unspecified atom stereocenters. The van der Waals surface area contributed by atoms with Crippen molar-refractivity contribution < 1.29 is 9.47 Å². The average Bonchev–Trinajstić information content (AvgIpc) is 2.59. The minimum absolute atomic E-state index is 0.772. The second kappa shape index (κ2) is 9.45. The molecule has 0 aliphatic heterocycles. The average molecular weight is 423 g/mol. The van der Waals surface area contributed by atoms with Crippen molar-refractivity contribution in [3.05, 3.63) is 63.8 Å². The molecule has 0 amide bonds. The Kier molecular flexibility index (Phi) is 7.26. The number of hydrogen-bond acceptors (Lipinski definition) is 3. The Balaban J connectivity index is 1.77. The summed E-state index contributed by atoms with van der Waals surface area (Å²) in [7, 11) is 3.32. The Bertz CT molecular complexity index is 656. The van der Waals surface area contributed by atoms with Crippen LogP contribution in [0, 0.1) is 3.57 Å². The molecule has 2 aromatic carbocycles. The highest BCUT2D eigenvalue weighted by Crippen LogP contribution is 2.27. The van der Waals surface area contributed by atoms with E-state index in [4.69, 9.17) is 9.47 Å². The Hall–Kier alpha value is -1.69. The molecular formula is C19H22INO2. The molecule has 0 aliphatic rings. The van der Waals surface area contributed by atoms with Gasteiger partial charge in [-0.3, -0.25) is 0 Å². The molecule has 0 saturated heterocycles. The van der Waals surface area contributed by atoms with Gasteiger partial charge < -0.3 is 14.8 Å². The number of rotatable bonds is 8. The molecule has 0 aliphatic carbocycles. The van der Waals surface area contributed by atoms with Crippen molar-refractivity contribution in [2.45, 2.75) is 12.8 Å². The predicted molar refractivity (Wildman–Crippen MR) is 105 cm³/mol. The molecule has 4 heteroatoms. The lowest BCUT2D eigenvalue weighted by Gasteiger charge is -2.09. The van der Waals surface area contributed by atoms with E-state index >= 15 is 0 Å². The third-order valence-electron chi connectivity index (χ3n) is 3.50. The summed E-state index contributed by atoms with van der Waals surface area (Å²) in [6.45, 7) is 0.839. The summed E-state index contributed by atoms with van der Waals surface area (Å²) < 4.78 is 11.8. The van der Waals surface area contributed by atoms with Gasteiger partial charge in [0.25, 0.3) is 0 Å². The van der Waals surface area contributed by atoms with Crippen molar-refractivity contribution in [3.8, 4) is 11.5 Å². The molecule has 0 heterocycles. The fourth-order valence-corrected chi connectivity index (χ4v) is 2.84. The van der Waals surface area contributed by atoms with Crippen LogP contribution in [0.5, 0.6) is 11.5 Å². The van der Waals surface area contributed by atoms with Gasteiger partial charge in [-0.2, -0.15) is 0 Å². The van der Waals surface area contributed by atoms with Crippen LogP contribution in [0.25, 0.3) is 0 Å². The maximum atomic E-state index is 5.33. The molecule has 3 nitrogen and oxygen atoms in total. The van der Waals surface area contributed by atoms with Crippen LogP contribution in [0.4, 0.5) is 5.69 Å². The lowest BCUT2D eigenvalue weighted by Crippen LogP contribution is -1.99. The monoisotopic (exact) mass is 423 g/mol. The number of aryl methyl sites for hydroxylation is 1. The Morgan fingerprint density at radius 2 is 1.78 bits per heavy atom. The van der Waals surface area contributed by atoms with Crippen LogP contribution >= 0.6 is 22.6 Å². The van der Waals surface area contributed by atoms with E-state index < -0.39 is 0 Å². The molecule has 0 bridgehead atoms. The van der Waals surface area contributed by atoms with Gasteiger partial charge in [-0.15, -0.1) is 0 Å². The topological polar surface area (TPSA) is 30.5 Å². The summed E-state index contributed by atoms with van der Waals surface area (Å²) in [4.78, 5) is 0. The van der Waals surface area contributed by atoms with Crippen molar-refractivity contribution in [1.82, 2.24) is 0 Å². The van der Waals surface area contributed by atoms with E-state index in [0.29, 0.717) is 0 Å². The molecule has 23 heavy (non-hydrogen) atoms. The van der Waals surface area contributed by atoms with Gasteiger partial charge in [0.1, 0.15) is 0 Å². The number of methoxy groups -OCH3 is 2. The zero-order valence-electron chi connectivity index (χ0n) is 13.5. The lowest BCUT2D eigenvalue weighted by atomic mass is 10.1. The van der Waals surface area contributed by atoms with E-state index in [-0.39, 0.29) is 0 Å². The predicted octanol–water partition coefficient (Wildman–Crippen LogP) is 4.91. The van der Waals surface area contributed by atoms with Gasteiger partial charge >= 0.3 is 0 Å². The number of benzene rings is 2. The van der Waals surface area contributed by atoms with Crippen LogP contribution in [0.1, 0.15) is 12.0 Å². The van der Waals surface area contributed by atoms with Gasteiger partial charge in [0.15, 0.2) is 11.5 Å². The first-order chi connectivity index (χ1) is 11.2. The SMILES string of the molecule is COc1ccc(CC/C=C/CNc2ccccc2I)cc1OC. The fourth-order valence-electron chi connectivity index (χ4n) is 2.26. The zero-order valence-corrected chi connectivity index (χ0v) is 15.7. The first kappa shape index (κ1) is 17.7. The molecule has 0 saturated carbocycles. The van der Waals surface area contributed by atoms with Crippen LogP contribution < -0.4 is 14.8 Å². The number of nitrogens with one attached hydrogen (secondary N) is 1. The molecule has 0 atom stereocenters. The molecule has 2 rings (SSSR count). The van der Waals surface area contributed by atoms with Crippen LogP contribution in [0.2, 0.25) is 0 Å². The quantitative estimate of drug-likeness (QED) is 0.484. The third kappa shape index (κ3) is 5.46. The Morgan fingerprint density at radius 1 is 1.00 bits per heavy atom. The maximum Gasteiger partial charge on any atom is 0.160 e. The summed E-state index contributed by atoms with van der Waals surface area (Å²) in [6.07, 6.45) is 6.37. The van der Waals surface area contributed by atoms with Crippen molar-refractivity contribution in [3.63, 3.8) is 0 Å². The highest BCUT2D eigenvalue weighted by atomic mass is 127. The molecule has 0 aromatic heterocycles. The summed E-state index contributed by atoms with van der Waals surface area (Å²) in [5.41, 5.74) is 2.43. The van der Waals surface area contributed by atoms with Crippen LogP contribution in [0.15, 0.2) is 54.6 Å². The first-order valence-electron chi connectivity index (χ1n) is 7.59. The number of anilines is 1. The maximum absolute atomic E-state index is 5.33. The van der Waals surface area contributed by atoms with Crippen LogP contribution in [-0.2, 0) is 6.42 Å². The third-order valence-corrected chi connectivity index (χ3v) is 4.44. The molecular weight excluding hydrogens is 401 g/mol. The molecule has 1 N–H and O–H groups in total. The van der Waals surface area contributed by atoms with Gasteiger partial charge in [-0.25, -0.2) is 0 Å². The molecule has 0 radical (unpaired) electrons. The number of allylic oxidation sites excluding steroid dienone is 1. The molecule has 0 fully saturated rings. The fraction of sp³-hybridized carbons (Fsp3) is 0.263. The van der Waals surface area contributed by atoms with E-state index in [1.165, 1.54) is 14.8 Å². The summed E-state index contributed by atoms with van der Waals surface area (Å²) in [6, 6.07) is 14.4. The smallest absolute Gasteiger partial charge is 0.160 e. The van der Waals surface area contributed by atoms with Gasteiger partial charge in [0.2, 0.25) is 0 Å². The first-order valence-corrected chi connectivity index (χ1v) is 8.66. The standard InChI is InChI=1S/C19H22INO2/c1-22-18-12-11-15(14-19(18)23-2)8-4-3-7-13-21-17-10-6-5-9-16(17)20/h3,5-7,9-12,14,21H,4,8,13H2,1-2H3/b7-3+. The minimum Gasteiger partial charge on any atom is -0.493 e. The van der Waals surface area contributed by atoms with Crippen molar-refractivity contribution in [2.75, 3.05) is 26.1 Å². The molecule has 122 valence electrons. The van der Waals surface area contributed by atoms with Gasteiger partial charge in [0.05, 0.1) is 14.2 Å². The number of para-hydroxylation sites is 1. The lowest BCUT2D eigenvalue weighted by molar-refractivity contribution is 0.354. The van der Waals surface area contributed by atoms with E-state index in [2.05, 4.69) is 58.3 Å². The van der Waals surface area contributed by atoms with Crippen LogP contribution in [0.3, 0.4) is 0 Å². The second-order valence-electron chi connectivity index (χ2n) is 5.06. The van der Waals surface area contributed by atoms with Crippen molar-refractivity contribution >= 4 is 28.3 Å². The minimum atomic E-state index is 0.772. The highest BCUT2D eigenvalue weighted by molar-refractivity contribution is 14.1. The van der Waals surface area contributed by atoms with Crippen molar-refractivity contribution in [2.24, 2.45) is 0 Å². The Morgan fingerprint density at radius 3 is 2.52 bits per heavy atom. The summed E-state index contributed by atoms with van der Waals surface area (Å²) in [5.74, 6) is 1.56. The van der Waals surface area contributed by atoms with Gasteiger partial charge in [0, 0.05) is 15.8 Å². The van der Waals surface area contributed by atoms with Gasteiger partial charge in [-0.1, -0.05) is 30.4 Å². The number of halogens is 1. The normalized spacial score (nSPS) is 10.7.